The molecule has 4 aromatic rings. The number of ether oxygens (including phenoxy) is 2. The van der Waals surface area contributed by atoms with Gasteiger partial charge >= 0.3 is 11.9 Å². The van der Waals surface area contributed by atoms with Gasteiger partial charge in [0, 0.05) is 16.1 Å². The maximum Gasteiger partial charge on any atom is 0.341 e. The number of nitrogens with one attached hydrogen (secondary N) is 2. The lowest BCUT2D eigenvalue weighted by Gasteiger charge is -2.23. The number of thiophene rings is 1. The highest BCUT2D eigenvalue weighted by Crippen LogP contribution is 2.43. The van der Waals surface area contributed by atoms with Crippen molar-refractivity contribution in [2.24, 2.45) is 0 Å². The second-order valence-electron chi connectivity index (χ2n) is 10.2. The number of H-pyrrole nitrogens is 1. The normalized spacial score (nSPS) is 15.1. The maximum absolute atomic E-state index is 13.1. The van der Waals surface area contributed by atoms with Gasteiger partial charge in [0.15, 0.2) is 6.10 Å². The molecule has 2 unspecified atom stereocenters. The van der Waals surface area contributed by atoms with Gasteiger partial charge in [-0.05, 0) is 76.1 Å². The van der Waals surface area contributed by atoms with Crippen molar-refractivity contribution in [3.8, 4) is 11.4 Å². The van der Waals surface area contributed by atoms with Gasteiger partial charge in [-0.2, -0.15) is 0 Å². The van der Waals surface area contributed by atoms with Gasteiger partial charge in [0.25, 0.3) is 5.91 Å². The molecule has 0 saturated carbocycles. The van der Waals surface area contributed by atoms with Crippen molar-refractivity contribution in [1.82, 2.24) is 9.97 Å². The zero-order valence-corrected chi connectivity index (χ0v) is 24.4. The first kappa shape index (κ1) is 28.3. The number of aromatic amines is 1. The molecule has 1 aliphatic carbocycles. The Kier molecular flexibility index (Phi) is 8.35. The smallest absolute Gasteiger partial charge is 0.341 e. The van der Waals surface area contributed by atoms with Crippen molar-refractivity contribution < 1.29 is 23.9 Å². The molecule has 5 rings (SSSR count). The summed E-state index contributed by atoms with van der Waals surface area (Å²) in [5.41, 5.74) is 5.66. The predicted octanol–water partition coefficient (Wildman–Crippen LogP) is 6.39. The van der Waals surface area contributed by atoms with Crippen LogP contribution in [0.25, 0.3) is 11.4 Å². The largest absolute Gasteiger partial charge is 0.462 e. The molecule has 0 spiro atoms. The Morgan fingerprint density at radius 3 is 2.46 bits per heavy atom. The highest BCUT2D eigenvalue weighted by Gasteiger charge is 2.32. The number of nitrogens with zero attached hydrogens (tertiary/aromatic N) is 1. The summed E-state index contributed by atoms with van der Waals surface area (Å²) in [5, 5.41) is 3.28. The first-order chi connectivity index (χ1) is 19.7. The molecule has 1 amide bonds. The fourth-order valence-corrected chi connectivity index (χ4v) is 6.37. The van der Waals surface area contributed by atoms with Crippen LogP contribution in [0.4, 0.5) is 5.00 Å². The van der Waals surface area contributed by atoms with Crippen molar-refractivity contribution in [3.05, 3.63) is 93.1 Å². The van der Waals surface area contributed by atoms with E-state index in [4.69, 9.17) is 9.47 Å². The zero-order valence-electron chi connectivity index (χ0n) is 23.6. The van der Waals surface area contributed by atoms with E-state index in [1.807, 2.05) is 32.0 Å². The van der Waals surface area contributed by atoms with Crippen molar-refractivity contribution in [3.63, 3.8) is 0 Å². The number of rotatable bonds is 8. The van der Waals surface area contributed by atoms with Crippen LogP contribution >= 0.6 is 11.3 Å². The van der Waals surface area contributed by atoms with E-state index < -0.39 is 23.9 Å². The van der Waals surface area contributed by atoms with E-state index in [0.29, 0.717) is 28.5 Å². The third-order valence-electron chi connectivity index (χ3n) is 7.43. The summed E-state index contributed by atoms with van der Waals surface area (Å²) in [6.45, 7) is 7.38. The summed E-state index contributed by atoms with van der Waals surface area (Å²) >= 11 is 1.40. The Bertz CT molecular complexity index is 1550. The second-order valence-corrected chi connectivity index (χ2v) is 11.3. The minimum atomic E-state index is -1.08. The second kappa shape index (κ2) is 12.1. The Hall–Kier alpha value is -4.24. The minimum Gasteiger partial charge on any atom is -0.462 e. The van der Waals surface area contributed by atoms with Gasteiger partial charge in [-0.1, -0.05) is 42.5 Å². The van der Waals surface area contributed by atoms with E-state index in [-0.39, 0.29) is 6.61 Å². The van der Waals surface area contributed by atoms with Crippen LogP contribution in [0.15, 0.2) is 54.6 Å². The molecule has 2 aromatic heterocycles. The molecule has 0 bridgehead atoms. The summed E-state index contributed by atoms with van der Waals surface area (Å²) in [7, 11) is 0. The van der Waals surface area contributed by atoms with Gasteiger partial charge in [0.05, 0.1) is 23.4 Å². The van der Waals surface area contributed by atoms with Crippen LogP contribution in [0, 0.1) is 13.8 Å². The van der Waals surface area contributed by atoms with E-state index in [1.54, 1.807) is 31.2 Å². The van der Waals surface area contributed by atoms with Crippen LogP contribution in [0.2, 0.25) is 0 Å². The average Bonchev–Trinajstić information content (AvgIpc) is 3.51. The highest BCUT2D eigenvalue weighted by atomic mass is 32.1. The maximum atomic E-state index is 13.1. The minimum absolute atomic E-state index is 0.232. The lowest BCUT2D eigenvalue weighted by atomic mass is 9.83. The number of hydrogen-bond donors (Lipinski definition) is 2. The van der Waals surface area contributed by atoms with Gasteiger partial charge in [0.1, 0.15) is 10.8 Å². The van der Waals surface area contributed by atoms with E-state index in [9.17, 15) is 14.4 Å². The Morgan fingerprint density at radius 1 is 1.07 bits per heavy atom. The molecule has 0 fully saturated rings. The standard InChI is InChI=1S/C32H33N3O5S/c1-5-39-32(38)27-25-16-15-24(21-9-7-6-8-10-21)17-26(25)41-30(27)35-29(36)20(4)40-31(37)23-13-11-22(12-14-23)28-33-18(2)19(3)34-28/h6-14,20,24H,5,15-17H2,1-4H3,(H,33,34)(H,35,36). The van der Waals surface area contributed by atoms with Crippen LogP contribution in [-0.4, -0.2) is 40.5 Å². The predicted molar refractivity (Wildman–Crippen MR) is 158 cm³/mol. The van der Waals surface area contributed by atoms with Crippen LogP contribution in [-0.2, 0) is 27.1 Å². The topological polar surface area (TPSA) is 110 Å². The number of fused-ring (bicyclic) bond motifs is 1. The van der Waals surface area contributed by atoms with E-state index >= 15 is 0 Å². The molecule has 212 valence electrons. The first-order valence-corrected chi connectivity index (χ1v) is 14.6. The number of amides is 1. The molecule has 2 aromatic carbocycles. The lowest BCUT2D eigenvalue weighted by Crippen LogP contribution is -2.30. The van der Waals surface area contributed by atoms with Gasteiger partial charge in [-0.3, -0.25) is 4.79 Å². The van der Waals surface area contributed by atoms with E-state index in [1.165, 1.54) is 23.8 Å². The van der Waals surface area contributed by atoms with Crippen molar-refractivity contribution in [2.45, 2.75) is 59.0 Å². The number of imidazole rings is 1. The fourth-order valence-electron chi connectivity index (χ4n) is 5.05. The number of carbonyl (C=O) groups is 3. The molecule has 2 heterocycles. The van der Waals surface area contributed by atoms with E-state index in [0.717, 1.165) is 46.1 Å². The van der Waals surface area contributed by atoms with Gasteiger partial charge in [-0.25, -0.2) is 14.6 Å². The summed E-state index contributed by atoms with van der Waals surface area (Å²) < 4.78 is 10.8. The number of anilines is 1. The van der Waals surface area contributed by atoms with Crippen molar-refractivity contribution in [1.29, 1.82) is 0 Å². The molecule has 8 nitrogen and oxygen atoms in total. The Balaban J connectivity index is 1.29. The van der Waals surface area contributed by atoms with Gasteiger partial charge in [-0.15, -0.1) is 11.3 Å². The molecule has 0 aliphatic heterocycles. The number of benzene rings is 2. The van der Waals surface area contributed by atoms with Crippen LogP contribution in [0.5, 0.6) is 0 Å². The number of carbonyl (C=O) groups excluding carboxylic acids is 3. The Labute approximate surface area is 243 Å². The van der Waals surface area contributed by atoms with Crippen LogP contribution < -0.4 is 5.32 Å². The molecule has 0 radical (unpaired) electrons. The average molecular weight is 572 g/mol. The van der Waals surface area contributed by atoms with Gasteiger partial charge in [0.2, 0.25) is 0 Å². The third kappa shape index (κ3) is 6.10. The number of hydrogen-bond acceptors (Lipinski definition) is 7. The summed E-state index contributed by atoms with van der Waals surface area (Å²) in [6, 6.07) is 17.2. The SMILES string of the molecule is CCOC(=O)c1c(NC(=O)C(C)OC(=O)c2ccc(-c3nc(C)c(C)[nH]3)cc2)sc2c1CCC(c1ccccc1)C2. The molecule has 0 saturated heterocycles. The van der Waals surface area contributed by atoms with Crippen molar-refractivity contribution in [2.75, 3.05) is 11.9 Å². The third-order valence-corrected chi connectivity index (χ3v) is 8.60. The van der Waals surface area contributed by atoms with Crippen LogP contribution in [0.1, 0.15) is 74.3 Å². The molecule has 2 atom stereocenters. The van der Waals surface area contributed by atoms with E-state index in [2.05, 4.69) is 27.4 Å². The fraction of sp³-hybridized carbons (Fsp3) is 0.312. The Morgan fingerprint density at radius 2 is 1.80 bits per heavy atom. The first-order valence-electron chi connectivity index (χ1n) is 13.8. The summed E-state index contributed by atoms with van der Waals surface area (Å²) in [4.78, 5) is 47.7. The van der Waals surface area contributed by atoms with Crippen molar-refractivity contribution >= 4 is 34.2 Å². The lowest BCUT2D eigenvalue weighted by molar-refractivity contribution is -0.123. The zero-order chi connectivity index (χ0) is 29.1. The monoisotopic (exact) mass is 571 g/mol. The number of aromatic nitrogens is 2. The number of aryl methyl sites for hydroxylation is 2. The summed E-state index contributed by atoms with van der Waals surface area (Å²) in [5.74, 6) is -0.523. The number of esters is 2. The molecule has 2 N–H and O–H groups in total. The molecule has 9 heteroatoms. The van der Waals surface area contributed by atoms with Gasteiger partial charge < -0.3 is 19.8 Å². The molecular formula is C32H33N3O5S. The quantitative estimate of drug-likeness (QED) is 0.237. The highest BCUT2D eigenvalue weighted by molar-refractivity contribution is 7.17. The molecular weight excluding hydrogens is 538 g/mol. The molecule has 41 heavy (non-hydrogen) atoms. The summed E-state index contributed by atoms with van der Waals surface area (Å²) in [6.07, 6.45) is 1.32. The molecule has 1 aliphatic rings. The van der Waals surface area contributed by atoms with Crippen LogP contribution in [0.3, 0.4) is 0 Å².